The van der Waals surface area contributed by atoms with Crippen molar-refractivity contribution in [1.29, 1.82) is 0 Å². The van der Waals surface area contributed by atoms with Crippen LogP contribution >= 0.6 is 11.3 Å². The molecule has 0 spiro atoms. The fourth-order valence-corrected chi connectivity index (χ4v) is 5.14. The lowest BCUT2D eigenvalue weighted by atomic mass is 9.65. The van der Waals surface area contributed by atoms with Crippen molar-refractivity contribution in [2.45, 2.75) is 44.4 Å². The zero-order valence-corrected chi connectivity index (χ0v) is 17.7. The third-order valence-corrected chi connectivity index (χ3v) is 8.54. The Morgan fingerprint density at radius 3 is 2.56 bits per heavy atom. The van der Waals surface area contributed by atoms with Crippen LogP contribution in [-0.4, -0.2) is 62.3 Å². The molecule has 6 nitrogen and oxygen atoms in total. The molecule has 2 heterocycles. The smallest absolute Gasteiger partial charge is 0.252 e. The maximum absolute atomic E-state index is 12.4. The normalized spacial score (nSPS) is 19.8. The van der Waals surface area contributed by atoms with E-state index in [9.17, 15) is 8.42 Å². The molecule has 1 aliphatic rings. The van der Waals surface area contributed by atoms with Gasteiger partial charge in [0.05, 0.1) is 6.54 Å². The predicted octanol–water partition coefficient (Wildman–Crippen LogP) is 2.45. The van der Waals surface area contributed by atoms with Crippen molar-refractivity contribution in [2.75, 3.05) is 33.2 Å². The molecule has 1 N–H and O–H groups in total. The molecular formula is C17H30N4O2S2. The van der Waals surface area contributed by atoms with E-state index in [-0.39, 0.29) is 11.0 Å². The molecule has 0 bridgehead atoms. The third kappa shape index (κ3) is 3.85. The molecule has 0 amide bonds. The number of rotatable bonds is 6. The number of thiophene rings is 1. The van der Waals surface area contributed by atoms with Crippen molar-refractivity contribution in [3.8, 4) is 0 Å². The molecular weight excluding hydrogens is 356 g/mol. The van der Waals surface area contributed by atoms with Gasteiger partial charge in [-0.1, -0.05) is 19.9 Å². The molecule has 1 aliphatic heterocycles. The van der Waals surface area contributed by atoms with Gasteiger partial charge in [0.1, 0.15) is 4.21 Å². The molecule has 0 unspecified atom stereocenters. The van der Waals surface area contributed by atoms with Crippen molar-refractivity contribution in [1.82, 2.24) is 14.5 Å². The van der Waals surface area contributed by atoms with Crippen LogP contribution in [0, 0.1) is 5.41 Å². The van der Waals surface area contributed by atoms with E-state index >= 15 is 0 Å². The highest BCUT2D eigenvalue weighted by Crippen LogP contribution is 2.46. The van der Waals surface area contributed by atoms with Crippen LogP contribution in [0.1, 0.15) is 34.6 Å². The van der Waals surface area contributed by atoms with Gasteiger partial charge in [0.2, 0.25) is 0 Å². The molecule has 0 atom stereocenters. The Morgan fingerprint density at radius 2 is 2.08 bits per heavy atom. The van der Waals surface area contributed by atoms with E-state index in [0.29, 0.717) is 17.3 Å². The molecule has 0 aromatic carbocycles. The van der Waals surface area contributed by atoms with Gasteiger partial charge >= 0.3 is 0 Å². The van der Waals surface area contributed by atoms with Crippen molar-refractivity contribution < 1.29 is 8.42 Å². The summed E-state index contributed by atoms with van der Waals surface area (Å²) in [6.07, 6.45) is 0. The van der Waals surface area contributed by atoms with E-state index in [1.807, 2.05) is 6.92 Å². The van der Waals surface area contributed by atoms with Crippen LogP contribution in [0.3, 0.4) is 0 Å². The number of aliphatic imine (C=N–C) groups is 1. The second-order valence-electron chi connectivity index (χ2n) is 7.52. The highest BCUT2D eigenvalue weighted by atomic mass is 32.2. The maximum Gasteiger partial charge on any atom is 0.252 e. The number of guanidine groups is 1. The quantitative estimate of drug-likeness (QED) is 0.602. The number of likely N-dealkylation sites (tertiary alicyclic amines) is 1. The lowest BCUT2D eigenvalue weighted by Crippen LogP contribution is -2.72. The molecule has 1 aromatic heterocycles. The number of hydrogen-bond acceptors (Lipinski definition) is 4. The number of sulfonamides is 1. The van der Waals surface area contributed by atoms with Gasteiger partial charge in [0, 0.05) is 37.6 Å². The van der Waals surface area contributed by atoms with Crippen molar-refractivity contribution in [2.24, 2.45) is 10.4 Å². The largest absolute Gasteiger partial charge is 0.356 e. The average molecular weight is 387 g/mol. The van der Waals surface area contributed by atoms with E-state index in [1.54, 1.807) is 24.6 Å². The number of nitrogens with one attached hydrogen (secondary N) is 1. The molecule has 8 heteroatoms. The minimum atomic E-state index is -3.41. The summed E-state index contributed by atoms with van der Waals surface area (Å²) in [5.74, 6) is 0.855. The van der Waals surface area contributed by atoms with Gasteiger partial charge in [-0.3, -0.25) is 4.99 Å². The zero-order valence-electron chi connectivity index (χ0n) is 16.0. The van der Waals surface area contributed by atoms with Crippen molar-refractivity contribution in [3.63, 3.8) is 0 Å². The van der Waals surface area contributed by atoms with Crippen LogP contribution in [0.5, 0.6) is 0 Å². The second-order valence-corrected chi connectivity index (χ2v) is 10.7. The van der Waals surface area contributed by atoms with Crippen LogP contribution in [0.25, 0.3) is 0 Å². The minimum absolute atomic E-state index is 0.0168. The number of likely N-dealkylation sites (N-methyl/N-ethyl adjacent to an activating group) is 1. The van der Waals surface area contributed by atoms with Crippen molar-refractivity contribution >= 4 is 27.3 Å². The lowest BCUT2D eigenvalue weighted by molar-refractivity contribution is -0.0667. The first kappa shape index (κ1) is 20.2. The molecule has 142 valence electrons. The molecule has 1 aromatic rings. The van der Waals surface area contributed by atoms with Crippen LogP contribution in [0.4, 0.5) is 0 Å². The Kier molecular flexibility index (Phi) is 5.85. The first-order valence-corrected chi connectivity index (χ1v) is 10.9. The summed E-state index contributed by atoms with van der Waals surface area (Å²) < 4.78 is 26.6. The zero-order chi connectivity index (χ0) is 18.9. The fraction of sp³-hybridized carbons (Fsp3) is 0.706. The highest BCUT2D eigenvalue weighted by Gasteiger charge is 2.53. The molecule has 25 heavy (non-hydrogen) atoms. The van der Waals surface area contributed by atoms with Gasteiger partial charge < -0.3 is 10.2 Å². The Hall–Kier alpha value is -1.12. The second kappa shape index (κ2) is 7.25. The van der Waals surface area contributed by atoms with Crippen LogP contribution in [-0.2, 0) is 10.0 Å². The van der Waals surface area contributed by atoms with E-state index in [1.165, 1.54) is 15.6 Å². The van der Waals surface area contributed by atoms with Crippen molar-refractivity contribution in [3.05, 3.63) is 17.5 Å². The molecule has 0 radical (unpaired) electrons. The molecule has 0 saturated carbocycles. The maximum atomic E-state index is 12.4. The minimum Gasteiger partial charge on any atom is -0.356 e. The topological polar surface area (TPSA) is 65.0 Å². The Morgan fingerprint density at radius 1 is 1.40 bits per heavy atom. The standard InChI is InChI=1S/C17H30N4O2S2/c1-7-18-15(21-13-16(2,3)17(21,4)5)19-10-11-20(6)25(22,23)14-9-8-12-24-14/h8-9,12H,7,10-11,13H2,1-6H3,(H,18,19). The van der Waals surface area contributed by atoms with Gasteiger partial charge in [-0.25, -0.2) is 8.42 Å². The number of hydrogen-bond donors (Lipinski definition) is 1. The summed E-state index contributed by atoms with van der Waals surface area (Å²) in [5, 5.41) is 5.10. The summed E-state index contributed by atoms with van der Waals surface area (Å²) >= 11 is 1.24. The molecule has 0 aliphatic carbocycles. The number of nitrogens with zero attached hydrogens (tertiary/aromatic N) is 3. The molecule has 1 fully saturated rings. The van der Waals surface area contributed by atoms with E-state index in [2.05, 4.69) is 42.9 Å². The van der Waals surface area contributed by atoms with Gasteiger partial charge in [-0.05, 0) is 32.2 Å². The van der Waals surface area contributed by atoms with Gasteiger partial charge in [-0.2, -0.15) is 4.31 Å². The van der Waals surface area contributed by atoms with Crippen LogP contribution < -0.4 is 5.32 Å². The fourth-order valence-electron chi connectivity index (χ4n) is 2.78. The Labute approximate surface area is 156 Å². The summed E-state index contributed by atoms with van der Waals surface area (Å²) in [7, 11) is -1.81. The highest BCUT2D eigenvalue weighted by molar-refractivity contribution is 7.91. The summed E-state index contributed by atoms with van der Waals surface area (Å²) in [6.45, 7) is 13.5. The summed E-state index contributed by atoms with van der Waals surface area (Å²) in [5.41, 5.74) is 0.242. The Balaban J connectivity index is 2.03. The first-order valence-electron chi connectivity index (χ1n) is 8.60. The van der Waals surface area contributed by atoms with Gasteiger partial charge in [0.15, 0.2) is 5.96 Å². The monoisotopic (exact) mass is 386 g/mol. The van der Waals surface area contributed by atoms with Gasteiger partial charge in [0.25, 0.3) is 10.0 Å². The molecule has 2 rings (SSSR count). The lowest BCUT2D eigenvalue weighted by Gasteiger charge is -2.62. The first-order chi connectivity index (χ1) is 11.5. The van der Waals surface area contributed by atoms with Crippen LogP contribution in [0.15, 0.2) is 26.7 Å². The average Bonchev–Trinajstić information content (AvgIpc) is 3.07. The van der Waals surface area contributed by atoms with E-state index in [4.69, 9.17) is 0 Å². The van der Waals surface area contributed by atoms with Gasteiger partial charge in [-0.15, -0.1) is 11.3 Å². The van der Waals surface area contributed by atoms with E-state index in [0.717, 1.165) is 19.0 Å². The molecule has 1 saturated heterocycles. The third-order valence-electron chi connectivity index (χ3n) is 5.31. The Bertz CT molecular complexity index is 709. The predicted molar refractivity (Wildman–Crippen MR) is 105 cm³/mol. The summed E-state index contributed by atoms with van der Waals surface area (Å²) in [4.78, 5) is 6.93. The van der Waals surface area contributed by atoms with Crippen LogP contribution in [0.2, 0.25) is 0 Å². The summed E-state index contributed by atoms with van der Waals surface area (Å²) in [6, 6.07) is 3.38. The van der Waals surface area contributed by atoms with E-state index < -0.39 is 10.0 Å². The SMILES string of the molecule is CCNC(=NCCN(C)S(=O)(=O)c1cccs1)N1CC(C)(C)C1(C)C.